The second-order valence-corrected chi connectivity index (χ2v) is 24.5. The van der Waals surface area contributed by atoms with E-state index < -0.39 is 26.6 Å². The third kappa shape index (κ3) is 62.6. The van der Waals surface area contributed by atoms with Crippen LogP contribution in [0.2, 0.25) is 0 Å². The fraction of sp³-hybridized carbons (Fsp3) is 0.729. The molecule has 79 heavy (non-hydrogen) atoms. The molecule has 0 rings (SSSR count). The summed E-state index contributed by atoms with van der Waals surface area (Å²) in [5, 5.41) is 13.9. The van der Waals surface area contributed by atoms with Crippen LogP contribution in [-0.2, 0) is 18.4 Å². The molecule has 3 atom stereocenters. The van der Waals surface area contributed by atoms with Crippen LogP contribution in [0.15, 0.2) is 109 Å². The van der Waals surface area contributed by atoms with E-state index in [9.17, 15) is 19.4 Å². The van der Waals surface area contributed by atoms with Gasteiger partial charge in [-0.05, 0) is 89.9 Å². The first-order valence-electron chi connectivity index (χ1n) is 32.7. The lowest BCUT2D eigenvalue weighted by Gasteiger charge is -2.29. The molecule has 0 aromatic heterocycles. The van der Waals surface area contributed by atoms with Crippen LogP contribution in [0, 0.1) is 0 Å². The zero-order chi connectivity index (χ0) is 57.7. The van der Waals surface area contributed by atoms with Crippen molar-refractivity contribution in [1.29, 1.82) is 0 Å². The summed E-state index contributed by atoms with van der Waals surface area (Å²) < 4.78 is 23.4. The molecule has 0 bridgehead atoms. The van der Waals surface area contributed by atoms with Crippen molar-refractivity contribution in [2.45, 2.75) is 289 Å². The van der Waals surface area contributed by atoms with Gasteiger partial charge in [0.25, 0.3) is 7.82 Å². The van der Waals surface area contributed by atoms with Crippen LogP contribution in [0.5, 0.6) is 0 Å². The van der Waals surface area contributed by atoms with E-state index in [1.165, 1.54) is 161 Å². The van der Waals surface area contributed by atoms with E-state index in [-0.39, 0.29) is 12.5 Å². The molecule has 0 aromatic carbocycles. The van der Waals surface area contributed by atoms with Gasteiger partial charge in [-0.15, -0.1) is 0 Å². The molecule has 0 fully saturated rings. The number of likely N-dealkylation sites (N-methyl/N-ethyl adjacent to an activating group) is 1. The van der Waals surface area contributed by atoms with Crippen LogP contribution < -0.4 is 10.2 Å². The number of allylic oxidation sites excluding steroid dienone is 17. The van der Waals surface area contributed by atoms with Gasteiger partial charge in [0.1, 0.15) is 13.2 Å². The quantitative estimate of drug-likeness (QED) is 0.0272. The van der Waals surface area contributed by atoms with E-state index in [4.69, 9.17) is 9.05 Å². The lowest BCUT2D eigenvalue weighted by molar-refractivity contribution is -0.870. The van der Waals surface area contributed by atoms with Crippen molar-refractivity contribution in [2.75, 3.05) is 40.9 Å². The van der Waals surface area contributed by atoms with Crippen LogP contribution in [0.3, 0.4) is 0 Å². The maximum atomic E-state index is 13.0. The predicted octanol–water partition coefficient (Wildman–Crippen LogP) is 20.1. The highest BCUT2D eigenvalue weighted by Crippen LogP contribution is 2.38. The van der Waals surface area contributed by atoms with Gasteiger partial charge in [-0.25, -0.2) is 0 Å². The minimum Gasteiger partial charge on any atom is -0.756 e. The number of aliphatic hydroxyl groups excluding tert-OH is 1. The number of phosphoric ester groups is 1. The van der Waals surface area contributed by atoms with Crippen molar-refractivity contribution in [2.24, 2.45) is 0 Å². The van der Waals surface area contributed by atoms with Gasteiger partial charge >= 0.3 is 0 Å². The summed E-state index contributed by atoms with van der Waals surface area (Å²) in [5.74, 6) is -0.216. The van der Waals surface area contributed by atoms with Crippen molar-refractivity contribution in [3.05, 3.63) is 109 Å². The van der Waals surface area contributed by atoms with E-state index in [1.807, 2.05) is 27.2 Å². The summed E-state index contributed by atoms with van der Waals surface area (Å²) in [6, 6.07) is -0.916. The van der Waals surface area contributed by atoms with Crippen molar-refractivity contribution in [1.82, 2.24) is 5.32 Å². The number of nitrogens with one attached hydrogen (secondary N) is 1. The third-order valence-corrected chi connectivity index (χ3v) is 15.2. The molecule has 0 radical (unpaired) electrons. The molecule has 456 valence electrons. The Morgan fingerprint density at radius 3 is 1.18 bits per heavy atom. The SMILES string of the molecule is CC/C=C\C/C=C\C/C=C\C/C=C\C/C=C\C/C=C\C/C=C\CCCCCCCCCCCC(=O)NC(COP(=O)([O-])OCC[N+](C)(C)C)C(O)/C=C/CC/C=C/CCCCCCCCCCCCCCCCCCCCCC. The molecule has 1 amide bonds. The Morgan fingerprint density at radius 1 is 0.456 bits per heavy atom. The summed E-state index contributed by atoms with van der Waals surface area (Å²) >= 11 is 0. The first-order chi connectivity index (χ1) is 38.5. The zero-order valence-electron chi connectivity index (χ0n) is 52.0. The van der Waals surface area contributed by atoms with Gasteiger partial charge in [0.05, 0.1) is 39.9 Å². The lowest BCUT2D eigenvalue weighted by Crippen LogP contribution is -2.45. The Labute approximate surface area is 489 Å². The number of unbranched alkanes of at least 4 members (excludes halogenated alkanes) is 30. The lowest BCUT2D eigenvalue weighted by atomic mass is 10.0. The molecule has 8 nitrogen and oxygen atoms in total. The largest absolute Gasteiger partial charge is 0.756 e. The smallest absolute Gasteiger partial charge is 0.268 e. The zero-order valence-corrected chi connectivity index (χ0v) is 52.9. The maximum Gasteiger partial charge on any atom is 0.268 e. The van der Waals surface area contributed by atoms with E-state index in [0.29, 0.717) is 17.4 Å². The Balaban J connectivity index is 4.22. The summed E-state index contributed by atoms with van der Waals surface area (Å²) in [5.41, 5.74) is 0. The molecule has 2 N–H and O–H groups in total. The topological polar surface area (TPSA) is 108 Å². The van der Waals surface area contributed by atoms with Gasteiger partial charge < -0.3 is 28.8 Å². The fourth-order valence-electron chi connectivity index (χ4n) is 9.15. The second-order valence-electron chi connectivity index (χ2n) is 23.1. The molecule has 0 aliphatic carbocycles. The minimum absolute atomic E-state index is 0.0126. The van der Waals surface area contributed by atoms with Gasteiger partial charge in [-0.2, -0.15) is 0 Å². The average molecular weight is 1120 g/mol. The highest BCUT2D eigenvalue weighted by atomic mass is 31.2. The average Bonchev–Trinajstić information content (AvgIpc) is 3.42. The van der Waals surface area contributed by atoms with Crippen molar-refractivity contribution in [3.63, 3.8) is 0 Å². The summed E-state index contributed by atoms with van der Waals surface area (Å²) in [7, 11) is 1.23. The molecular formula is C70H125N2O6P. The molecule has 3 unspecified atom stereocenters. The van der Waals surface area contributed by atoms with Crippen LogP contribution in [0.4, 0.5) is 0 Å². The number of nitrogens with zero attached hydrogens (tertiary/aromatic N) is 1. The van der Waals surface area contributed by atoms with E-state index >= 15 is 0 Å². The van der Waals surface area contributed by atoms with Crippen molar-refractivity contribution >= 4 is 13.7 Å². The highest BCUT2D eigenvalue weighted by molar-refractivity contribution is 7.45. The highest BCUT2D eigenvalue weighted by Gasteiger charge is 2.23. The number of hydrogen-bond acceptors (Lipinski definition) is 6. The van der Waals surface area contributed by atoms with E-state index in [1.54, 1.807) is 6.08 Å². The maximum absolute atomic E-state index is 13.0. The monoisotopic (exact) mass is 1120 g/mol. The Morgan fingerprint density at radius 2 is 0.785 bits per heavy atom. The number of hydrogen-bond donors (Lipinski definition) is 2. The van der Waals surface area contributed by atoms with Crippen molar-refractivity contribution < 1.29 is 32.9 Å². The third-order valence-electron chi connectivity index (χ3n) is 14.2. The van der Waals surface area contributed by atoms with Gasteiger partial charge in [-0.3, -0.25) is 9.36 Å². The summed E-state index contributed by atoms with van der Waals surface area (Å²) in [4.78, 5) is 25.6. The molecule has 0 heterocycles. The van der Waals surface area contributed by atoms with Crippen LogP contribution in [-0.4, -0.2) is 68.5 Å². The Bertz CT molecular complexity index is 1650. The summed E-state index contributed by atoms with van der Waals surface area (Å²) in [6.45, 7) is 4.53. The first kappa shape index (κ1) is 76.2. The Kier molecular flexibility index (Phi) is 57.6. The number of phosphoric acid groups is 1. The number of amides is 1. The molecule has 0 aromatic rings. The molecule has 0 aliphatic rings. The molecule has 9 heteroatoms. The van der Waals surface area contributed by atoms with Gasteiger partial charge in [0, 0.05) is 6.42 Å². The number of carbonyl (C=O) groups excluding carboxylic acids is 1. The van der Waals surface area contributed by atoms with Crippen molar-refractivity contribution in [3.8, 4) is 0 Å². The van der Waals surface area contributed by atoms with Crippen LogP contribution in [0.1, 0.15) is 277 Å². The molecule has 0 spiro atoms. The predicted molar refractivity (Wildman–Crippen MR) is 343 cm³/mol. The molecular weight excluding hydrogens is 996 g/mol. The minimum atomic E-state index is -4.62. The number of rotatable bonds is 59. The fourth-order valence-corrected chi connectivity index (χ4v) is 9.87. The number of carbonyl (C=O) groups is 1. The first-order valence-corrected chi connectivity index (χ1v) is 34.2. The molecule has 0 saturated heterocycles. The normalized spacial score (nSPS) is 14.5. The Hall–Kier alpha value is -2.84. The van der Waals surface area contributed by atoms with Crippen LogP contribution in [0.25, 0.3) is 0 Å². The number of quaternary nitrogens is 1. The van der Waals surface area contributed by atoms with E-state index in [0.717, 1.165) is 96.3 Å². The standard InChI is InChI=1S/C70H125N2O6P/c1-6-8-10-12-14-16-18-20-22-24-26-28-30-32-34-35-36-37-38-40-42-44-46-48-50-52-54-56-58-60-62-64-70(74)71-68(67-78-79(75,76)77-66-65-72(3,4)5)69(73)63-61-59-57-55-53-51-49-47-45-43-41-39-33-31-29-27-25-23-21-19-17-15-13-11-9-7-2/h8,10,14,16,20,22,26,28,32,34,36-37,40,42,53,55,61,63,68-69,73H,6-7,9,11-13,15,17-19,21,23-25,27,29-31,33,35,38-39,41,43-52,54,56-60,62,64-67H2,1-5H3,(H-,71,74,75,76)/b10-8-,16-14-,22-20-,28-26-,34-32-,37-36-,42-40-,55-53+,63-61+. The van der Waals surface area contributed by atoms with Gasteiger partial charge in [0.2, 0.25) is 5.91 Å². The van der Waals surface area contributed by atoms with E-state index in [2.05, 4.69) is 116 Å². The second kappa shape index (κ2) is 59.8. The molecule has 0 aliphatic heterocycles. The van der Waals surface area contributed by atoms with Crippen LogP contribution >= 0.6 is 7.82 Å². The number of aliphatic hydroxyl groups is 1. The summed E-state index contributed by atoms with van der Waals surface area (Å²) in [6.07, 6.45) is 87.6. The van der Waals surface area contributed by atoms with Gasteiger partial charge in [0.15, 0.2) is 0 Å². The van der Waals surface area contributed by atoms with Gasteiger partial charge in [-0.1, -0.05) is 290 Å². The molecule has 0 saturated carbocycles.